The molecule has 11 heteroatoms. The number of hydrogen-bond donors (Lipinski definition) is 0. The van der Waals surface area contributed by atoms with E-state index in [0.717, 1.165) is 69.2 Å². The summed E-state index contributed by atoms with van der Waals surface area (Å²) < 4.78 is 52.6. The monoisotopic (exact) mass is 900 g/mol. The number of halogens is 3. The minimum absolute atomic E-state index is 0.242. The minimum atomic E-state index is -0.759. The first kappa shape index (κ1) is 43.5. The molecule has 0 bridgehead atoms. The highest BCUT2D eigenvalue weighted by Crippen LogP contribution is 2.33. The van der Waals surface area contributed by atoms with Gasteiger partial charge in [0.1, 0.15) is 30.2 Å². The third-order valence-electron chi connectivity index (χ3n) is 9.08. The van der Waals surface area contributed by atoms with Crippen molar-refractivity contribution in [3.8, 4) is 5.75 Å². The molecule has 1 heterocycles. The maximum atomic E-state index is 6.87. The van der Waals surface area contributed by atoms with Crippen LogP contribution in [-0.4, -0.2) is 64.7 Å². The molecule has 0 aliphatic carbocycles. The molecule has 1 fully saturated rings. The quantitative estimate of drug-likeness (QED) is 0.0538. The van der Waals surface area contributed by atoms with Gasteiger partial charge in [0.25, 0.3) is 0 Å². The van der Waals surface area contributed by atoms with Crippen molar-refractivity contribution in [3.63, 3.8) is 0 Å². The summed E-state index contributed by atoms with van der Waals surface area (Å²) in [4.78, 5) is 0. The summed E-state index contributed by atoms with van der Waals surface area (Å²) in [5.74, 6) is 0.773. The number of methoxy groups -OCH3 is 2. The fourth-order valence-electron chi connectivity index (χ4n) is 6.06. The molecule has 1 unspecified atom stereocenters. The van der Waals surface area contributed by atoms with E-state index in [1.54, 1.807) is 14.2 Å². The van der Waals surface area contributed by atoms with Crippen LogP contribution in [0.15, 0.2) is 118 Å². The molecule has 1 aliphatic rings. The van der Waals surface area contributed by atoms with Gasteiger partial charge in [0.2, 0.25) is 0 Å². The van der Waals surface area contributed by atoms with Crippen molar-refractivity contribution in [2.45, 2.75) is 82.8 Å². The molecule has 0 N–H and O–H groups in total. The third kappa shape index (κ3) is 14.7. The Morgan fingerprint density at radius 3 is 1.91 bits per heavy atom. The van der Waals surface area contributed by atoms with Gasteiger partial charge in [-0.2, -0.15) is 0 Å². The van der Waals surface area contributed by atoms with Crippen molar-refractivity contribution >= 4 is 43.5 Å². The minimum Gasteiger partial charge on any atom is -0.497 e. The second kappa shape index (κ2) is 24.2. The number of ether oxygens (including phenoxy) is 8. The van der Waals surface area contributed by atoms with Crippen LogP contribution >= 0.6 is 43.5 Å². The summed E-state index contributed by atoms with van der Waals surface area (Å²) in [6.07, 6.45) is 4.94. The van der Waals surface area contributed by atoms with Gasteiger partial charge in [0, 0.05) is 27.7 Å². The average Bonchev–Trinajstić information content (AvgIpc) is 3.20. The van der Waals surface area contributed by atoms with Crippen LogP contribution in [0.1, 0.15) is 47.9 Å². The Labute approximate surface area is 347 Å². The van der Waals surface area contributed by atoms with Gasteiger partial charge in [-0.3, -0.25) is 0 Å². The number of unbranched alkanes of at least 4 members (excludes halogenated alkanes) is 2. The van der Waals surface area contributed by atoms with E-state index < -0.39 is 30.7 Å². The Bertz CT molecular complexity index is 1690. The summed E-state index contributed by atoms with van der Waals surface area (Å²) in [6.45, 7) is 2.78. The van der Waals surface area contributed by atoms with Crippen molar-refractivity contribution in [1.29, 1.82) is 0 Å². The van der Waals surface area contributed by atoms with Gasteiger partial charge in [0.15, 0.2) is 6.29 Å². The van der Waals surface area contributed by atoms with Gasteiger partial charge in [-0.15, -0.1) is 0 Å². The van der Waals surface area contributed by atoms with Gasteiger partial charge in [-0.25, -0.2) is 0 Å². The first-order valence-electron chi connectivity index (χ1n) is 18.6. The number of allylic oxidation sites excluding steroid dienone is 2. The number of hydrogen-bond acceptors (Lipinski definition) is 8. The van der Waals surface area contributed by atoms with Gasteiger partial charge < -0.3 is 37.9 Å². The van der Waals surface area contributed by atoms with Gasteiger partial charge in [0.05, 0.1) is 46.8 Å². The molecule has 0 spiro atoms. The molecule has 0 radical (unpaired) electrons. The van der Waals surface area contributed by atoms with E-state index >= 15 is 0 Å². The topological polar surface area (TPSA) is 73.8 Å². The predicted molar refractivity (Wildman–Crippen MR) is 222 cm³/mol. The molecule has 5 atom stereocenters. The standard InChI is InChI=1S/C44H51Br2ClO8/c1-48-25-9-5-3-4-6-10-26-51-44-43(53-29-34-17-23-38(49-2)24-18-34)42(54-30-35-11-7-8-12-39(35)46)41(52-28-33-15-21-37(47)22-16-33)40(55-44)31-50-27-32-13-19-36(45)20-14-32/h3-4,7-8,11-24,40-44H,5-6,9-10,25-31H2,1-2H3/t40-,41-,42+,43?,44-/m1/s1. The van der Waals surface area contributed by atoms with Crippen molar-refractivity contribution in [3.05, 3.63) is 145 Å². The van der Waals surface area contributed by atoms with Crippen LogP contribution in [0.4, 0.5) is 0 Å². The van der Waals surface area contributed by atoms with Gasteiger partial charge in [-0.05, 0) is 90.4 Å². The maximum Gasteiger partial charge on any atom is 0.186 e. The lowest BCUT2D eigenvalue weighted by atomic mass is 9.97. The van der Waals surface area contributed by atoms with E-state index in [-0.39, 0.29) is 6.61 Å². The average molecular weight is 903 g/mol. The highest BCUT2D eigenvalue weighted by Gasteiger charge is 2.49. The van der Waals surface area contributed by atoms with E-state index in [2.05, 4.69) is 44.0 Å². The van der Waals surface area contributed by atoms with Gasteiger partial charge in [-0.1, -0.05) is 110 Å². The van der Waals surface area contributed by atoms with E-state index in [1.165, 1.54) is 0 Å². The SMILES string of the molecule is COCCCC=CCCCO[C@@H]1O[C@H](COCc2ccc(Br)cc2)[C@@H](OCc2ccc(Cl)cc2)[C@H](OCc2ccccc2Br)C1OCc1ccc(OC)cc1. The largest absolute Gasteiger partial charge is 0.497 e. The Hall–Kier alpha value is -2.61. The first-order valence-corrected chi connectivity index (χ1v) is 20.6. The molecule has 1 saturated heterocycles. The maximum absolute atomic E-state index is 6.87. The molecule has 55 heavy (non-hydrogen) atoms. The van der Waals surface area contributed by atoms with E-state index in [4.69, 9.17) is 49.5 Å². The Balaban J connectivity index is 1.41. The van der Waals surface area contributed by atoms with Crippen molar-refractivity contribution in [1.82, 2.24) is 0 Å². The summed E-state index contributed by atoms with van der Waals surface area (Å²) in [7, 11) is 3.38. The lowest BCUT2D eigenvalue weighted by molar-refractivity contribution is -0.328. The summed E-state index contributed by atoms with van der Waals surface area (Å²) in [5, 5.41) is 0.659. The zero-order valence-corrected chi connectivity index (χ0v) is 35.4. The third-order valence-corrected chi connectivity index (χ3v) is 10.6. The predicted octanol–water partition coefficient (Wildman–Crippen LogP) is 10.7. The highest BCUT2D eigenvalue weighted by molar-refractivity contribution is 9.10. The molecule has 4 aromatic rings. The molecular weight excluding hydrogens is 852 g/mol. The fourth-order valence-corrected chi connectivity index (χ4v) is 6.85. The molecule has 296 valence electrons. The van der Waals surface area contributed by atoms with Gasteiger partial charge >= 0.3 is 0 Å². The molecule has 0 saturated carbocycles. The van der Waals surface area contributed by atoms with Crippen LogP contribution in [0.5, 0.6) is 5.75 Å². The highest BCUT2D eigenvalue weighted by atomic mass is 79.9. The van der Waals surface area contributed by atoms with Crippen LogP contribution < -0.4 is 4.74 Å². The second-order valence-electron chi connectivity index (χ2n) is 13.2. The normalized spacial score (nSPS) is 19.9. The molecular formula is C44H51Br2ClO8. The smallest absolute Gasteiger partial charge is 0.186 e. The van der Waals surface area contributed by atoms with Crippen LogP contribution in [-0.2, 0) is 59.6 Å². The van der Waals surface area contributed by atoms with E-state index in [0.29, 0.717) is 38.1 Å². The van der Waals surface area contributed by atoms with Crippen LogP contribution in [0, 0.1) is 0 Å². The Kier molecular flexibility index (Phi) is 19.2. The van der Waals surface area contributed by atoms with Crippen LogP contribution in [0.25, 0.3) is 0 Å². The Morgan fingerprint density at radius 1 is 0.636 bits per heavy atom. The van der Waals surface area contributed by atoms with Crippen molar-refractivity contribution in [2.75, 3.05) is 34.0 Å². The summed E-state index contributed by atoms with van der Waals surface area (Å²) >= 11 is 13.4. The summed E-state index contributed by atoms with van der Waals surface area (Å²) in [6, 6.07) is 31.5. The Morgan fingerprint density at radius 2 is 1.24 bits per heavy atom. The number of rotatable bonds is 23. The lowest BCUT2D eigenvalue weighted by Crippen LogP contribution is -2.61. The van der Waals surface area contributed by atoms with E-state index in [1.807, 2.05) is 97.1 Å². The van der Waals surface area contributed by atoms with Crippen LogP contribution in [0.2, 0.25) is 5.02 Å². The fraction of sp³-hybridized carbons (Fsp3) is 0.409. The number of benzene rings is 4. The molecule has 0 amide bonds. The van der Waals surface area contributed by atoms with Crippen molar-refractivity contribution < 1.29 is 37.9 Å². The zero-order valence-electron chi connectivity index (χ0n) is 31.5. The molecule has 5 rings (SSSR count). The molecule has 8 nitrogen and oxygen atoms in total. The molecule has 0 aromatic heterocycles. The molecule has 1 aliphatic heterocycles. The first-order chi connectivity index (χ1) is 26.9. The van der Waals surface area contributed by atoms with Crippen molar-refractivity contribution in [2.24, 2.45) is 0 Å². The van der Waals surface area contributed by atoms with Crippen LogP contribution in [0.3, 0.4) is 0 Å². The summed E-state index contributed by atoms with van der Waals surface area (Å²) in [5.41, 5.74) is 3.98. The van der Waals surface area contributed by atoms with E-state index in [9.17, 15) is 0 Å². The second-order valence-corrected chi connectivity index (χ2v) is 15.4. The zero-order chi connectivity index (χ0) is 38.7. The lowest BCUT2D eigenvalue weighted by Gasteiger charge is -2.46. The molecule has 4 aromatic carbocycles.